The van der Waals surface area contributed by atoms with Gasteiger partial charge in [0.05, 0.1) is 6.04 Å². The molecular weight excluding hydrogens is 434 g/mol. The fraction of sp³-hybridized carbons (Fsp3) is 0.481. The Morgan fingerprint density at radius 3 is 2.45 bits per heavy atom. The molecular formula is C27H32ClN3O2. The SMILES string of the molecule is CC1Cc2c([nH]c3ccccc23)[C@@H](c2ccc(OC3CNC3)cc2)N1C12CC(CO)(C1)C2.Cl. The number of nitrogens with one attached hydrogen (secondary N) is 2. The van der Waals surface area contributed by atoms with E-state index in [2.05, 4.69) is 70.7 Å². The minimum atomic E-state index is 0. The lowest BCUT2D eigenvalue weighted by atomic mass is 9.38. The van der Waals surface area contributed by atoms with E-state index in [9.17, 15) is 5.11 Å². The van der Waals surface area contributed by atoms with E-state index in [4.69, 9.17) is 4.74 Å². The van der Waals surface area contributed by atoms with E-state index in [0.29, 0.717) is 18.8 Å². The minimum Gasteiger partial charge on any atom is -0.488 e. The summed E-state index contributed by atoms with van der Waals surface area (Å²) >= 11 is 0. The van der Waals surface area contributed by atoms with Gasteiger partial charge in [0.2, 0.25) is 0 Å². The fourth-order valence-corrected chi connectivity index (χ4v) is 7.18. The molecule has 2 aliphatic heterocycles. The largest absolute Gasteiger partial charge is 0.488 e. The lowest BCUT2D eigenvalue weighted by molar-refractivity contribution is -0.254. The molecule has 3 heterocycles. The van der Waals surface area contributed by atoms with Crippen molar-refractivity contribution in [1.82, 2.24) is 15.2 Å². The molecule has 3 N–H and O–H groups in total. The van der Waals surface area contributed by atoms with E-state index >= 15 is 0 Å². The summed E-state index contributed by atoms with van der Waals surface area (Å²) < 4.78 is 6.08. The second kappa shape index (κ2) is 7.47. The van der Waals surface area contributed by atoms with Crippen LogP contribution in [0.15, 0.2) is 48.5 Å². The maximum absolute atomic E-state index is 9.88. The number of hydrogen-bond donors (Lipinski definition) is 3. The number of halogens is 1. The van der Waals surface area contributed by atoms with Gasteiger partial charge in [-0.2, -0.15) is 0 Å². The highest BCUT2D eigenvalue weighted by molar-refractivity contribution is 5.86. The van der Waals surface area contributed by atoms with Gasteiger partial charge < -0.3 is 20.1 Å². The van der Waals surface area contributed by atoms with Gasteiger partial charge >= 0.3 is 0 Å². The quantitative estimate of drug-likeness (QED) is 0.528. The van der Waals surface area contributed by atoms with Crippen molar-refractivity contribution in [2.45, 2.75) is 56.3 Å². The first-order chi connectivity index (χ1) is 15.6. The zero-order chi connectivity index (χ0) is 21.5. The van der Waals surface area contributed by atoms with Gasteiger partial charge in [-0.3, -0.25) is 4.90 Å². The van der Waals surface area contributed by atoms with Crippen LogP contribution >= 0.6 is 12.4 Å². The van der Waals surface area contributed by atoms with E-state index in [1.54, 1.807) is 0 Å². The van der Waals surface area contributed by atoms with Crippen LogP contribution in [-0.2, 0) is 6.42 Å². The van der Waals surface area contributed by atoms with Gasteiger partial charge in [0.15, 0.2) is 0 Å². The first-order valence-electron chi connectivity index (χ1n) is 12.1. The zero-order valence-corrected chi connectivity index (χ0v) is 19.8. The van der Waals surface area contributed by atoms with E-state index in [0.717, 1.165) is 44.5 Å². The lowest BCUT2D eigenvalue weighted by Crippen LogP contribution is -2.77. The predicted molar refractivity (Wildman–Crippen MR) is 132 cm³/mol. The van der Waals surface area contributed by atoms with Gasteiger partial charge in [-0.05, 0) is 67.3 Å². The Hall–Kier alpha value is -2.05. The molecule has 174 valence electrons. The molecule has 3 saturated carbocycles. The summed E-state index contributed by atoms with van der Waals surface area (Å²) in [6, 6.07) is 18.2. The number of para-hydroxylation sites is 1. The van der Waals surface area contributed by atoms with Crippen molar-refractivity contribution in [2.75, 3.05) is 19.7 Å². The summed E-state index contributed by atoms with van der Waals surface area (Å²) in [5.41, 5.74) is 5.81. The van der Waals surface area contributed by atoms with E-state index in [1.807, 2.05) is 0 Å². The van der Waals surface area contributed by atoms with Gasteiger partial charge in [-0.1, -0.05) is 30.3 Å². The number of H-pyrrole nitrogens is 1. The van der Waals surface area contributed by atoms with Gasteiger partial charge in [0, 0.05) is 47.9 Å². The molecule has 33 heavy (non-hydrogen) atoms. The molecule has 3 aliphatic carbocycles. The molecule has 3 aromatic rings. The number of benzene rings is 2. The van der Waals surface area contributed by atoms with Crippen LogP contribution < -0.4 is 10.1 Å². The normalized spacial score (nSPS) is 32.8. The molecule has 2 bridgehead atoms. The number of fused-ring (bicyclic) bond motifs is 3. The molecule has 1 saturated heterocycles. The van der Waals surface area contributed by atoms with Crippen LogP contribution in [0, 0.1) is 5.41 Å². The average molecular weight is 466 g/mol. The monoisotopic (exact) mass is 465 g/mol. The molecule has 8 rings (SSSR count). The summed E-state index contributed by atoms with van der Waals surface area (Å²) in [6.45, 7) is 4.60. The third-order valence-electron chi connectivity index (χ3n) is 8.61. The van der Waals surface area contributed by atoms with Crippen molar-refractivity contribution in [3.63, 3.8) is 0 Å². The predicted octanol–water partition coefficient (Wildman–Crippen LogP) is 4.19. The number of nitrogens with zero attached hydrogens (tertiary/aromatic N) is 1. The number of rotatable bonds is 5. The van der Waals surface area contributed by atoms with Crippen molar-refractivity contribution in [3.8, 4) is 5.75 Å². The Balaban J connectivity index is 0.00000206. The maximum atomic E-state index is 9.88. The van der Waals surface area contributed by atoms with Crippen LogP contribution in [0.25, 0.3) is 10.9 Å². The highest BCUT2D eigenvalue weighted by Crippen LogP contribution is 2.71. The average Bonchev–Trinajstić information content (AvgIpc) is 3.08. The number of ether oxygens (including phenoxy) is 1. The smallest absolute Gasteiger partial charge is 0.123 e. The summed E-state index contributed by atoms with van der Waals surface area (Å²) in [4.78, 5) is 6.60. The van der Waals surface area contributed by atoms with E-state index in [-0.39, 0.29) is 29.4 Å². The first-order valence-corrected chi connectivity index (χ1v) is 12.1. The molecule has 6 heteroatoms. The summed E-state index contributed by atoms with van der Waals surface area (Å²) in [5, 5.41) is 14.5. The number of aliphatic hydroxyl groups excluding tert-OH is 1. The van der Waals surface area contributed by atoms with Crippen molar-refractivity contribution in [2.24, 2.45) is 5.41 Å². The van der Waals surface area contributed by atoms with Gasteiger partial charge in [0.25, 0.3) is 0 Å². The second-order valence-electron chi connectivity index (χ2n) is 10.8. The minimum absolute atomic E-state index is 0. The van der Waals surface area contributed by atoms with Crippen LogP contribution in [0.4, 0.5) is 0 Å². The molecule has 1 unspecified atom stereocenters. The number of aliphatic hydroxyl groups is 1. The Labute approximate surface area is 200 Å². The Morgan fingerprint density at radius 1 is 1.06 bits per heavy atom. The molecule has 5 aliphatic rings. The van der Waals surface area contributed by atoms with Crippen LogP contribution in [0.5, 0.6) is 5.75 Å². The molecule has 2 atom stereocenters. The Kier molecular flexibility index (Phi) is 4.87. The van der Waals surface area contributed by atoms with Crippen LogP contribution in [0.1, 0.15) is 49.0 Å². The second-order valence-corrected chi connectivity index (χ2v) is 10.8. The first kappa shape index (κ1) is 21.5. The Morgan fingerprint density at radius 2 is 1.79 bits per heavy atom. The molecule has 0 spiro atoms. The number of aromatic nitrogens is 1. The van der Waals surface area contributed by atoms with E-state index < -0.39 is 0 Å². The topological polar surface area (TPSA) is 60.5 Å². The van der Waals surface area contributed by atoms with Gasteiger partial charge in [0.1, 0.15) is 11.9 Å². The number of hydrogen-bond acceptors (Lipinski definition) is 4. The van der Waals surface area contributed by atoms with Crippen LogP contribution in [-0.4, -0.2) is 52.4 Å². The summed E-state index contributed by atoms with van der Waals surface area (Å²) in [5.74, 6) is 0.956. The summed E-state index contributed by atoms with van der Waals surface area (Å²) in [7, 11) is 0. The maximum Gasteiger partial charge on any atom is 0.123 e. The van der Waals surface area contributed by atoms with Crippen molar-refractivity contribution >= 4 is 23.3 Å². The van der Waals surface area contributed by atoms with E-state index in [1.165, 1.54) is 27.7 Å². The van der Waals surface area contributed by atoms with Crippen LogP contribution in [0.3, 0.4) is 0 Å². The highest BCUT2D eigenvalue weighted by atomic mass is 35.5. The van der Waals surface area contributed by atoms with Crippen molar-refractivity contribution < 1.29 is 9.84 Å². The van der Waals surface area contributed by atoms with Crippen LogP contribution in [0.2, 0.25) is 0 Å². The van der Waals surface area contributed by atoms with Gasteiger partial charge in [-0.25, -0.2) is 0 Å². The molecule has 5 nitrogen and oxygen atoms in total. The molecule has 4 fully saturated rings. The number of aromatic amines is 1. The molecule has 0 amide bonds. The molecule has 2 aromatic carbocycles. The highest BCUT2D eigenvalue weighted by Gasteiger charge is 2.71. The zero-order valence-electron chi connectivity index (χ0n) is 19.0. The standard InChI is InChI=1S/C27H31N3O2.ClH/c1-17-10-22-21-4-2-3-5-23(21)29-24(22)25(30(17)27-13-26(14-27,15-27)16-31)18-6-8-19(9-7-18)32-20-11-28-12-20;/h2-9,17,20,25,28-29,31H,10-16H2,1H3;1H/t17?,25-,26?,27?;/m1./s1. The van der Waals surface area contributed by atoms with Gasteiger partial charge in [-0.15, -0.1) is 12.4 Å². The van der Waals surface area contributed by atoms with Crippen molar-refractivity contribution in [1.29, 1.82) is 0 Å². The fourth-order valence-electron chi connectivity index (χ4n) is 7.18. The summed E-state index contributed by atoms with van der Waals surface area (Å²) in [6.07, 6.45) is 4.75. The third-order valence-corrected chi connectivity index (χ3v) is 8.61. The molecule has 1 aromatic heterocycles. The third kappa shape index (κ3) is 3.02. The molecule has 0 radical (unpaired) electrons. The lowest BCUT2D eigenvalue weighted by Gasteiger charge is -2.76. The Bertz CT molecular complexity index is 1170. The van der Waals surface area contributed by atoms with Crippen molar-refractivity contribution in [3.05, 3.63) is 65.4 Å².